The van der Waals surface area contributed by atoms with Crippen LogP contribution in [0.25, 0.3) is 0 Å². The third-order valence-electron chi connectivity index (χ3n) is 3.20. The van der Waals surface area contributed by atoms with Crippen molar-refractivity contribution >= 4 is 0 Å². The van der Waals surface area contributed by atoms with Gasteiger partial charge in [-0.3, -0.25) is 0 Å². The highest BCUT2D eigenvalue weighted by Crippen LogP contribution is 2.10. The molecule has 0 aromatic rings. The maximum Gasteiger partial charge on any atom is 0.0361 e. The molecular formula is C15H26N2. The fourth-order valence-corrected chi connectivity index (χ4v) is 1.95. The molecule has 0 bridgehead atoms. The van der Waals surface area contributed by atoms with Crippen LogP contribution in [0.3, 0.4) is 0 Å². The Morgan fingerprint density at radius 2 is 1.94 bits per heavy atom. The van der Waals surface area contributed by atoms with E-state index in [0.717, 1.165) is 26.2 Å². The molecular weight excluding hydrogens is 208 g/mol. The monoisotopic (exact) mass is 234 g/mol. The summed E-state index contributed by atoms with van der Waals surface area (Å²) in [4.78, 5) is 4.78. The molecule has 0 aromatic carbocycles. The predicted molar refractivity (Wildman–Crippen MR) is 76.0 cm³/mol. The van der Waals surface area contributed by atoms with Gasteiger partial charge < -0.3 is 9.80 Å². The van der Waals surface area contributed by atoms with E-state index in [0.29, 0.717) is 0 Å². The molecule has 1 heterocycles. The lowest BCUT2D eigenvalue weighted by Crippen LogP contribution is -2.43. The van der Waals surface area contributed by atoms with Gasteiger partial charge in [-0.2, -0.15) is 0 Å². The normalized spacial score (nSPS) is 18.9. The molecule has 0 unspecified atom stereocenters. The second-order valence-electron chi connectivity index (χ2n) is 4.66. The molecule has 1 fully saturated rings. The van der Waals surface area contributed by atoms with E-state index in [2.05, 4.69) is 48.6 Å². The second-order valence-corrected chi connectivity index (χ2v) is 4.66. The summed E-state index contributed by atoms with van der Waals surface area (Å²) in [7, 11) is 2.18. The van der Waals surface area contributed by atoms with Crippen LogP contribution in [0.5, 0.6) is 0 Å². The van der Waals surface area contributed by atoms with Crippen LogP contribution < -0.4 is 0 Å². The molecule has 96 valence electrons. The van der Waals surface area contributed by atoms with Crippen molar-refractivity contribution in [1.29, 1.82) is 0 Å². The smallest absolute Gasteiger partial charge is 0.0361 e. The Bertz CT molecular complexity index is 271. The maximum absolute atomic E-state index is 3.91. The fourth-order valence-electron chi connectivity index (χ4n) is 1.95. The van der Waals surface area contributed by atoms with Crippen molar-refractivity contribution in [2.45, 2.75) is 26.2 Å². The van der Waals surface area contributed by atoms with Crippen LogP contribution in [0.1, 0.15) is 26.2 Å². The van der Waals surface area contributed by atoms with Crippen molar-refractivity contribution in [3.8, 4) is 0 Å². The van der Waals surface area contributed by atoms with Crippen molar-refractivity contribution in [3.05, 3.63) is 36.6 Å². The minimum atomic E-state index is 1.11. The van der Waals surface area contributed by atoms with E-state index in [-0.39, 0.29) is 0 Å². The largest absolute Gasteiger partial charge is 0.369 e. The molecule has 0 aromatic heterocycles. The number of piperazine rings is 1. The van der Waals surface area contributed by atoms with E-state index in [1.165, 1.54) is 25.0 Å². The molecule has 0 spiro atoms. The second kappa shape index (κ2) is 8.13. The molecule has 1 rings (SSSR count). The summed E-state index contributed by atoms with van der Waals surface area (Å²) < 4.78 is 0. The van der Waals surface area contributed by atoms with Crippen molar-refractivity contribution in [1.82, 2.24) is 9.80 Å². The van der Waals surface area contributed by atoms with Crippen LogP contribution in [0.15, 0.2) is 36.6 Å². The van der Waals surface area contributed by atoms with Crippen molar-refractivity contribution in [2.24, 2.45) is 0 Å². The van der Waals surface area contributed by atoms with Gasteiger partial charge in [-0.15, -0.1) is 0 Å². The molecule has 0 N–H and O–H groups in total. The number of rotatable bonds is 6. The number of hydrogen-bond donors (Lipinski definition) is 0. The number of nitrogens with zero attached hydrogens (tertiary/aromatic N) is 2. The molecule has 1 aliphatic heterocycles. The van der Waals surface area contributed by atoms with Crippen molar-refractivity contribution < 1.29 is 0 Å². The molecule has 0 atom stereocenters. The van der Waals surface area contributed by atoms with Crippen LogP contribution in [0.2, 0.25) is 0 Å². The van der Waals surface area contributed by atoms with Gasteiger partial charge in [0, 0.05) is 31.9 Å². The Morgan fingerprint density at radius 1 is 1.24 bits per heavy atom. The van der Waals surface area contributed by atoms with Gasteiger partial charge in [0.05, 0.1) is 0 Å². The molecule has 2 nitrogen and oxygen atoms in total. The Hall–Kier alpha value is -1.02. The van der Waals surface area contributed by atoms with Crippen LogP contribution in [0, 0.1) is 0 Å². The van der Waals surface area contributed by atoms with Gasteiger partial charge in [-0.25, -0.2) is 0 Å². The third kappa shape index (κ3) is 5.22. The summed E-state index contributed by atoms with van der Waals surface area (Å²) in [6.07, 6.45) is 12.3. The van der Waals surface area contributed by atoms with Crippen LogP contribution in [-0.2, 0) is 0 Å². The lowest BCUT2D eigenvalue weighted by atomic mass is 10.2. The van der Waals surface area contributed by atoms with Crippen LogP contribution in [-0.4, -0.2) is 43.0 Å². The molecule has 0 amide bonds. The minimum Gasteiger partial charge on any atom is -0.369 e. The number of unbranched alkanes of at least 4 members (excludes halogenated alkanes) is 2. The van der Waals surface area contributed by atoms with Crippen molar-refractivity contribution in [2.75, 3.05) is 33.2 Å². The average molecular weight is 234 g/mol. The van der Waals surface area contributed by atoms with Gasteiger partial charge in [-0.1, -0.05) is 38.5 Å². The number of likely N-dealkylation sites (N-methyl/N-ethyl adjacent to an activating group) is 1. The molecule has 2 heteroatoms. The highest BCUT2D eigenvalue weighted by molar-refractivity contribution is 5.21. The summed E-state index contributed by atoms with van der Waals surface area (Å²) in [5.74, 6) is 0. The van der Waals surface area contributed by atoms with Crippen LogP contribution in [0.4, 0.5) is 0 Å². The Morgan fingerprint density at radius 3 is 2.53 bits per heavy atom. The molecule has 17 heavy (non-hydrogen) atoms. The van der Waals surface area contributed by atoms with E-state index >= 15 is 0 Å². The Balaban J connectivity index is 2.43. The molecule has 0 aliphatic carbocycles. The topological polar surface area (TPSA) is 6.48 Å². The molecule has 0 saturated carbocycles. The third-order valence-corrected chi connectivity index (χ3v) is 3.20. The van der Waals surface area contributed by atoms with E-state index < -0.39 is 0 Å². The van der Waals surface area contributed by atoms with E-state index in [4.69, 9.17) is 0 Å². The van der Waals surface area contributed by atoms with E-state index in [1.807, 2.05) is 6.08 Å². The van der Waals surface area contributed by atoms with Crippen molar-refractivity contribution in [3.63, 3.8) is 0 Å². The molecule has 1 saturated heterocycles. The van der Waals surface area contributed by atoms with Gasteiger partial charge in [0.2, 0.25) is 0 Å². The average Bonchev–Trinajstić information content (AvgIpc) is 2.35. The van der Waals surface area contributed by atoms with Gasteiger partial charge in [-0.05, 0) is 25.6 Å². The highest BCUT2D eigenvalue weighted by atomic mass is 15.2. The lowest BCUT2D eigenvalue weighted by Gasteiger charge is -2.34. The first kappa shape index (κ1) is 14.0. The quantitative estimate of drug-likeness (QED) is 0.515. The minimum absolute atomic E-state index is 1.11. The standard InChI is InChI=1S/C15H26N2/c1-4-6-7-8-9-10-15(5-2)17-13-11-16(3)12-14-17/h5,8-10H,2,4,6-7,11-14H2,1,3H3/b9-8-,15-10+. The van der Waals surface area contributed by atoms with E-state index in [1.54, 1.807) is 0 Å². The molecule has 1 aliphatic rings. The lowest BCUT2D eigenvalue weighted by molar-refractivity contribution is 0.190. The SMILES string of the molecule is C=C/C(=C\C=C/CCCC)N1CCN(C)CC1. The maximum atomic E-state index is 3.91. The summed E-state index contributed by atoms with van der Waals surface area (Å²) in [5, 5.41) is 0. The van der Waals surface area contributed by atoms with E-state index in [9.17, 15) is 0 Å². The van der Waals surface area contributed by atoms with Gasteiger partial charge in [0.1, 0.15) is 0 Å². The van der Waals surface area contributed by atoms with Crippen LogP contribution >= 0.6 is 0 Å². The van der Waals surface area contributed by atoms with Gasteiger partial charge in [0.15, 0.2) is 0 Å². The summed E-state index contributed by atoms with van der Waals surface area (Å²) in [6.45, 7) is 10.6. The van der Waals surface area contributed by atoms with Gasteiger partial charge >= 0.3 is 0 Å². The summed E-state index contributed by atoms with van der Waals surface area (Å²) >= 11 is 0. The Kier molecular flexibility index (Phi) is 6.71. The zero-order valence-corrected chi connectivity index (χ0v) is 11.4. The highest BCUT2D eigenvalue weighted by Gasteiger charge is 2.13. The zero-order valence-electron chi connectivity index (χ0n) is 11.4. The summed E-state index contributed by atoms with van der Waals surface area (Å²) in [6, 6.07) is 0. The zero-order chi connectivity index (χ0) is 12.5. The Labute approximate surface area is 106 Å². The first-order valence-corrected chi connectivity index (χ1v) is 6.70. The molecule has 0 radical (unpaired) electrons. The predicted octanol–water partition coefficient (Wildman–Crippen LogP) is 3.05. The first-order valence-electron chi connectivity index (χ1n) is 6.70. The fraction of sp³-hybridized carbons (Fsp3) is 0.600. The first-order chi connectivity index (χ1) is 8.27. The number of allylic oxidation sites excluding steroid dienone is 4. The van der Waals surface area contributed by atoms with Gasteiger partial charge in [0.25, 0.3) is 0 Å². The summed E-state index contributed by atoms with van der Waals surface area (Å²) in [5.41, 5.74) is 1.26. The number of hydrogen-bond acceptors (Lipinski definition) is 2.